The van der Waals surface area contributed by atoms with Gasteiger partial charge in [-0.2, -0.15) is 0 Å². The third kappa shape index (κ3) is 8.86. The van der Waals surface area contributed by atoms with Crippen LogP contribution >= 0.6 is 43.5 Å². The highest BCUT2D eigenvalue weighted by atomic mass is 79.9. The summed E-state index contributed by atoms with van der Waals surface area (Å²) in [6.07, 6.45) is 4.42. The number of fused-ring (bicyclic) bond motifs is 6. The van der Waals surface area contributed by atoms with Crippen LogP contribution in [0.2, 0.25) is 0 Å². The van der Waals surface area contributed by atoms with Crippen molar-refractivity contribution in [2.45, 2.75) is 65.6 Å². The van der Waals surface area contributed by atoms with E-state index in [2.05, 4.69) is 31.9 Å². The SMILES string of the molecule is CC.CC.O=C1OC2(c3ccc(Br)cc3Oc3cc(Br)ccc32)c2cc(COCCOCCOCCCCCCCl)ccc21. The van der Waals surface area contributed by atoms with Gasteiger partial charge in [0, 0.05) is 38.1 Å². The Morgan fingerprint density at radius 3 is 1.86 bits per heavy atom. The molecule has 0 saturated heterocycles. The highest BCUT2D eigenvalue weighted by molar-refractivity contribution is 9.10. The molecule has 5 rings (SSSR count). The predicted molar refractivity (Wildman–Crippen MR) is 183 cm³/mol. The van der Waals surface area contributed by atoms with Crippen molar-refractivity contribution in [3.05, 3.63) is 91.4 Å². The smallest absolute Gasteiger partial charge is 0.340 e. The summed E-state index contributed by atoms with van der Waals surface area (Å²) in [7, 11) is 0. The molecule has 0 fully saturated rings. The highest BCUT2D eigenvalue weighted by Crippen LogP contribution is 2.56. The first-order chi connectivity index (χ1) is 21.5. The lowest BCUT2D eigenvalue weighted by molar-refractivity contribution is 0.00996. The number of esters is 1. The zero-order valence-corrected chi connectivity index (χ0v) is 30.0. The van der Waals surface area contributed by atoms with Crippen LogP contribution in [0, 0.1) is 0 Å². The lowest BCUT2D eigenvalue weighted by Gasteiger charge is -2.36. The summed E-state index contributed by atoms with van der Waals surface area (Å²) in [5.74, 6) is 1.63. The van der Waals surface area contributed by atoms with Gasteiger partial charge < -0.3 is 23.7 Å². The molecule has 2 heterocycles. The quantitative estimate of drug-likeness (QED) is 0.0928. The molecule has 0 amide bonds. The van der Waals surface area contributed by atoms with Crippen molar-refractivity contribution < 1.29 is 28.5 Å². The van der Waals surface area contributed by atoms with Crippen molar-refractivity contribution in [3.8, 4) is 11.5 Å². The molecule has 0 aliphatic carbocycles. The number of benzene rings is 3. The first-order valence-electron chi connectivity index (χ1n) is 15.5. The molecule has 0 saturated carbocycles. The van der Waals surface area contributed by atoms with Crippen LogP contribution in [0.5, 0.6) is 11.5 Å². The van der Waals surface area contributed by atoms with E-state index in [0.717, 1.165) is 69.4 Å². The Hall–Kier alpha value is -1.94. The summed E-state index contributed by atoms with van der Waals surface area (Å²) in [6.45, 7) is 11.2. The van der Waals surface area contributed by atoms with Crippen molar-refractivity contribution >= 4 is 49.4 Å². The van der Waals surface area contributed by atoms with E-state index in [1.807, 2.05) is 82.3 Å². The first kappa shape index (κ1) is 36.5. The monoisotopic (exact) mass is 752 g/mol. The van der Waals surface area contributed by atoms with Crippen molar-refractivity contribution in [2.24, 2.45) is 0 Å². The molecular formula is C35H43Br2ClO6. The molecule has 0 bridgehead atoms. The van der Waals surface area contributed by atoms with Crippen molar-refractivity contribution in [1.29, 1.82) is 0 Å². The summed E-state index contributed by atoms with van der Waals surface area (Å²) in [4.78, 5) is 13.1. The molecule has 6 nitrogen and oxygen atoms in total. The lowest BCUT2D eigenvalue weighted by atomic mass is 9.77. The van der Waals surface area contributed by atoms with Gasteiger partial charge in [0.25, 0.3) is 0 Å². The minimum absolute atomic E-state index is 0.363. The largest absolute Gasteiger partial charge is 0.456 e. The van der Waals surface area contributed by atoms with E-state index < -0.39 is 5.60 Å². The summed E-state index contributed by atoms with van der Waals surface area (Å²) >= 11 is 12.8. The predicted octanol–water partition coefficient (Wildman–Crippen LogP) is 10.2. The zero-order chi connectivity index (χ0) is 32.0. The topological polar surface area (TPSA) is 63.2 Å². The second-order valence-electron chi connectivity index (χ2n) is 9.71. The van der Waals surface area contributed by atoms with Gasteiger partial charge in [0.1, 0.15) is 11.5 Å². The molecule has 44 heavy (non-hydrogen) atoms. The van der Waals surface area contributed by atoms with E-state index in [1.54, 1.807) is 0 Å². The minimum Gasteiger partial charge on any atom is -0.456 e. The maximum atomic E-state index is 13.1. The number of ether oxygens (including phenoxy) is 5. The average molecular weight is 755 g/mol. The van der Waals surface area contributed by atoms with E-state index in [0.29, 0.717) is 50.1 Å². The molecule has 0 N–H and O–H groups in total. The zero-order valence-electron chi connectivity index (χ0n) is 26.1. The number of hydrogen-bond donors (Lipinski definition) is 0. The minimum atomic E-state index is -1.11. The van der Waals surface area contributed by atoms with Crippen LogP contribution in [0.3, 0.4) is 0 Å². The summed E-state index contributed by atoms with van der Waals surface area (Å²) in [6, 6.07) is 17.3. The van der Waals surface area contributed by atoms with Gasteiger partial charge in [-0.15, -0.1) is 11.6 Å². The van der Waals surface area contributed by atoms with Crippen molar-refractivity contribution in [1.82, 2.24) is 0 Å². The van der Waals surface area contributed by atoms with Crippen LogP contribution in [0.4, 0.5) is 0 Å². The number of hydrogen-bond acceptors (Lipinski definition) is 6. The van der Waals surface area contributed by atoms with Crippen LogP contribution in [0.15, 0.2) is 63.5 Å². The molecule has 0 atom stereocenters. The van der Waals surface area contributed by atoms with Crippen LogP contribution in [0.1, 0.15) is 86.0 Å². The number of halogens is 3. The average Bonchev–Trinajstić information content (AvgIpc) is 3.32. The van der Waals surface area contributed by atoms with Crippen LogP contribution in [-0.2, 0) is 31.2 Å². The third-order valence-electron chi connectivity index (χ3n) is 6.98. The first-order valence-corrected chi connectivity index (χ1v) is 17.6. The van der Waals surface area contributed by atoms with Gasteiger partial charge in [0.15, 0.2) is 5.60 Å². The molecule has 0 radical (unpaired) electrons. The van der Waals surface area contributed by atoms with Crippen LogP contribution in [-0.4, -0.2) is 44.9 Å². The Labute approximate surface area is 284 Å². The molecule has 0 unspecified atom stereocenters. The normalized spacial score (nSPS) is 13.4. The van der Waals surface area contributed by atoms with Gasteiger partial charge in [-0.3, -0.25) is 0 Å². The van der Waals surface area contributed by atoms with Gasteiger partial charge in [0.05, 0.1) is 38.6 Å². The Balaban J connectivity index is 0.00000127. The fourth-order valence-corrected chi connectivity index (χ4v) is 5.96. The number of carbonyl (C=O) groups is 1. The van der Waals surface area contributed by atoms with E-state index in [-0.39, 0.29) is 5.97 Å². The molecule has 2 aliphatic rings. The molecule has 1 spiro atoms. The third-order valence-corrected chi connectivity index (χ3v) is 8.23. The second-order valence-corrected chi connectivity index (χ2v) is 11.9. The molecule has 0 aromatic heterocycles. The number of unbranched alkanes of at least 4 members (excludes halogenated alkanes) is 3. The summed E-state index contributed by atoms with van der Waals surface area (Å²) < 4.78 is 31.4. The lowest BCUT2D eigenvalue weighted by Crippen LogP contribution is -2.33. The van der Waals surface area contributed by atoms with E-state index in [1.165, 1.54) is 0 Å². The Morgan fingerprint density at radius 2 is 1.25 bits per heavy atom. The Morgan fingerprint density at radius 1 is 0.682 bits per heavy atom. The van der Waals surface area contributed by atoms with Crippen LogP contribution < -0.4 is 4.74 Å². The second kappa shape index (κ2) is 18.9. The Kier molecular flexibility index (Phi) is 15.7. The maximum Gasteiger partial charge on any atom is 0.340 e. The van der Waals surface area contributed by atoms with Crippen LogP contribution in [0.25, 0.3) is 0 Å². The van der Waals surface area contributed by atoms with E-state index in [9.17, 15) is 4.79 Å². The van der Waals surface area contributed by atoms with Crippen molar-refractivity contribution in [3.63, 3.8) is 0 Å². The fraction of sp³-hybridized carbons (Fsp3) is 0.457. The fourth-order valence-electron chi connectivity index (χ4n) is 5.09. The molecule has 9 heteroatoms. The standard InChI is InChI=1S/C31H31Br2ClO6.2C2H6/c32-22-6-9-25-28(18-22)39-29-19-23(33)7-10-26(29)31(25)27-17-21(5-8-24(27)30(35)40-31)20-38-16-15-37-14-13-36-12-4-2-1-3-11-34;2*1-2/h5-10,17-19H,1-4,11-16,20H2;2*1-2H3. The number of rotatable bonds is 14. The van der Waals surface area contributed by atoms with E-state index >= 15 is 0 Å². The molecular weight excluding hydrogens is 712 g/mol. The van der Waals surface area contributed by atoms with Gasteiger partial charge in [-0.05, 0) is 66.9 Å². The summed E-state index contributed by atoms with van der Waals surface area (Å²) in [5.41, 5.74) is 2.71. The highest BCUT2D eigenvalue weighted by Gasteiger charge is 2.53. The van der Waals surface area contributed by atoms with Crippen molar-refractivity contribution in [2.75, 3.05) is 38.9 Å². The van der Waals surface area contributed by atoms with Gasteiger partial charge >= 0.3 is 5.97 Å². The van der Waals surface area contributed by atoms with Gasteiger partial charge in [-0.25, -0.2) is 4.79 Å². The van der Waals surface area contributed by atoms with Gasteiger partial charge in [0.2, 0.25) is 0 Å². The number of carbonyl (C=O) groups excluding carboxylic acids is 1. The van der Waals surface area contributed by atoms with E-state index in [4.69, 9.17) is 35.3 Å². The maximum absolute atomic E-state index is 13.1. The molecule has 240 valence electrons. The Bertz CT molecular complexity index is 1300. The van der Waals surface area contributed by atoms with Gasteiger partial charge in [-0.1, -0.05) is 78.5 Å². The summed E-state index contributed by atoms with van der Waals surface area (Å²) in [5, 5.41) is 0. The molecule has 3 aromatic rings. The molecule has 2 aliphatic heterocycles. The number of alkyl halides is 1. The molecule has 3 aromatic carbocycles.